The van der Waals surface area contributed by atoms with Gasteiger partial charge in [-0.3, -0.25) is 4.79 Å². The molecular formula is C12H12FNO2. The molecule has 0 spiro atoms. The fraction of sp³-hybridized carbons (Fsp3) is 0.417. The number of benzene rings is 1. The molecule has 0 radical (unpaired) electrons. The summed E-state index contributed by atoms with van der Waals surface area (Å²) in [5, 5.41) is 8.88. The van der Waals surface area contributed by atoms with Crippen molar-refractivity contribution in [3.8, 4) is 0 Å². The molecule has 0 amide bonds. The molecule has 4 heteroatoms. The Morgan fingerprint density at radius 3 is 2.31 bits per heavy atom. The summed E-state index contributed by atoms with van der Waals surface area (Å²) in [5.41, 5.74) is 0.984. The van der Waals surface area contributed by atoms with E-state index in [-0.39, 0.29) is 11.7 Å². The number of aliphatic carboxylic acids is 1. The second kappa shape index (κ2) is 3.20. The molecule has 3 nitrogen and oxygen atoms in total. The highest BCUT2D eigenvalue weighted by Crippen LogP contribution is 2.52. The third kappa shape index (κ3) is 1.37. The van der Waals surface area contributed by atoms with Crippen LogP contribution >= 0.6 is 0 Å². The van der Waals surface area contributed by atoms with Crippen molar-refractivity contribution in [1.82, 2.24) is 0 Å². The maximum Gasteiger partial charge on any atom is 0.307 e. The van der Waals surface area contributed by atoms with Gasteiger partial charge in [0, 0.05) is 18.8 Å². The number of carbonyl (C=O) groups is 1. The molecule has 2 unspecified atom stereocenters. The number of carboxylic acids is 1. The molecule has 2 aliphatic rings. The van der Waals surface area contributed by atoms with E-state index < -0.39 is 5.97 Å². The number of piperidine rings is 1. The summed E-state index contributed by atoms with van der Waals surface area (Å²) in [7, 11) is 0. The number of nitrogens with zero attached hydrogens (tertiary/aromatic N) is 1. The number of carboxylic acid groups (broad SMARTS) is 1. The summed E-state index contributed by atoms with van der Waals surface area (Å²) in [6.07, 6.45) is 0. The summed E-state index contributed by atoms with van der Waals surface area (Å²) in [4.78, 5) is 12.9. The number of anilines is 1. The second-order valence-corrected chi connectivity index (χ2v) is 4.57. The molecule has 0 bridgehead atoms. The van der Waals surface area contributed by atoms with Crippen LogP contribution in [0, 0.1) is 23.6 Å². The van der Waals surface area contributed by atoms with Crippen molar-refractivity contribution in [2.75, 3.05) is 18.0 Å². The summed E-state index contributed by atoms with van der Waals surface area (Å²) < 4.78 is 12.7. The molecule has 2 atom stereocenters. The second-order valence-electron chi connectivity index (χ2n) is 4.57. The topological polar surface area (TPSA) is 40.5 Å². The van der Waals surface area contributed by atoms with Gasteiger partial charge in [0.1, 0.15) is 5.82 Å². The Morgan fingerprint density at radius 2 is 1.81 bits per heavy atom. The first kappa shape index (κ1) is 9.63. The van der Waals surface area contributed by atoms with Crippen molar-refractivity contribution in [3.63, 3.8) is 0 Å². The quantitative estimate of drug-likeness (QED) is 0.824. The number of rotatable bonds is 2. The normalized spacial score (nSPS) is 31.3. The molecule has 1 aliphatic heterocycles. The molecule has 2 fully saturated rings. The number of hydrogen-bond acceptors (Lipinski definition) is 2. The van der Waals surface area contributed by atoms with Gasteiger partial charge in [-0.05, 0) is 36.1 Å². The first-order chi connectivity index (χ1) is 7.66. The van der Waals surface area contributed by atoms with Crippen LogP contribution in [0.4, 0.5) is 10.1 Å². The highest BCUT2D eigenvalue weighted by atomic mass is 19.1. The predicted octanol–water partition coefficient (Wildman–Crippen LogP) is 1.59. The molecule has 3 rings (SSSR count). The first-order valence-electron chi connectivity index (χ1n) is 5.40. The third-order valence-electron chi connectivity index (χ3n) is 3.67. The molecule has 1 aromatic rings. The van der Waals surface area contributed by atoms with Gasteiger partial charge in [0.05, 0.1) is 5.92 Å². The summed E-state index contributed by atoms with van der Waals surface area (Å²) in [6.45, 7) is 1.57. The third-order valence-corrected chi connectivity index (χ3v) is 3.67. The van der Waals surface area contributed by atoms with Crippen LogP contribution in [-0.4, -0.2) is 24.2 Å². The van der Waals surface area contributed by atoms with Gasteiger partial charge in [-0.2, -0.15) is 0 Å². The Balaban J connectivity index is 1.69. The lowest BCUT2D eigenvalue weighted by atomic mass is 10.2. The van der Waals surface area contributed by atoms with E-state index in [1.807, 2.05) is 0 Å². The van der Waals surface area contributed by atoms with Crippen LogP contribution in [0.25, 0.3) is 0 Å². The predicted molar refractivity (Wildman–Crippen MR) is 56.7 cm³/mol. The number of fused-ring (bicyclic) bond motifs is 1. The van der Waals surface area contributed by atoms with E-state index in [4.69, 9.17) is 5.11 Å². The Hall–Kier alpha value is -1.58. The minimum absolute atomic E-state index is 0.142. The fourth-order valence-corrected chi connectivity index (χ4v) is 2.76. The molecule has 1 aromatic carbocycles. The zero-order chi connectivity index (χ0) is 11.3. The van der Waals surface area contributed by atoms with Crippen LogP contribution in [0.5, 0.6) is 0 Å². The van der Waals surface area contributed by atoms with Crippen LogP contribution in [0.3, 0.4) is 0 Å². The maximum absolute atomic E-state index is 12.7. The van der Waals surface area contributed by atoms with Gasteiger partial charge in [0.15, 0.2) is 0 Å². The lowest BCUT2D eigenvalue weighted by Gasteiger charge is -2.21. The van der Waals surface area contributed by atoms with E-state index in [2.05, 4.69) is 4.90 Å². The Bertz CT molecular complexity index is 419. The fourth-order valence-electron chi connectivity index (χ4n) is 2.76. The number of halogens is 1. The van der Waals surface area contributed by atoms with Gasteiger partial charge in [-0.1, -0.05) is 0 Å². The average molecular weight is 221 g/mol. The largest absolute Gasteiger partial charge is 0.481 e. The van der Waals surface area contributed by atoms with Crippen molar-refractivity contribution in [3.05, 3.63) is 30.1 Å². The Labute approximate surface area is 92.5 Å². The van der Waals surface area contributed by atoms with Gasteiger partial charge in [0.25, 0.3) is 0 Å². The lowest BCUT2D eigenvalue weighted by Crippen LogP contribution is -2.25. The molecule has 1 saturated heterocycles. The van der Waals surface area contributed by atoms with E-state index >= 15 is 0 Å². The minimum atomic E-state index is -0.672. The van der Waals surface area contributed by atoms with E-state index in [9.17, 15) is 9.18 Å². The molecule has 1 heterocycles. The Kier molecular flexibility index (Phi) is 1.93. The smallest absolute Gasteiger partial charge is 0.307 e. The van der Waals surface area contributed by atoms with Crippen LogP contribution in [0.15, 0.2) is 24.3 Å². The highest BCUT2D eigenvalue weighted by molar-refractivity contribution is 5.75. The van der Waals surface area contributed by atoms with E-state index in [0.717, 1.165) is 18.8 Å². The van der Waals surface area contributed by atoms with Gasteiger partial charge >= 0.3 is 5.97 Å². The highest BCUT2D eigenvalue weighted by Gasteiger charge is 2.59. The lowest BCUT2D eigenvalue weighted by molar-refractivity contribution is -0.139. The summed E-state index contributed by atoms with van der Waals surface area (Å²) >= 11 is 0. The zero-order valence-corrected chi connectivity index (χ0v) is 8.64. The SMILES string of the molecule is O=C(O)C1C2CN(c3ccc(F)cc3)CC21. The molecule has 1 saturated carbocycles. The molecule has 0 aromatic heterocycles. The van der Waals surface area contributed by atoms with Gasteiger partial charge in [0.2, 0.25) is 0 Å². The summed E-state index contributed by atoms with van der Waals surface area (Å²) in [6, 6.07) is 6.37. The van der Waals surface area contributed by atoms with Crippen LogP contribution < -0.4 is 4.90 Å². The average Bonchev–Trinajstić information content (AvgIpc) is 2.77. The molecule has 16 heavy (non-hydrogen) atoms. The van der Waals surface area contributed by atoms with Crippen LogP contribution in [-0.2, 0) is 4.79 Å². The van der Waals surface area contributed by atoms with Gasteiger partial charge in [-0.25, -0.2) is 4.39 Å². The standard InChI is InChI=1S/C12H12FNO2/c13-7-1-3-8(4-2-7)14-5-9-10(6-14)11(9)12(15)16/h1-4,9-11H,5-6H2,(H,15,16). The zero-order valence-electron chi connectivity index (χ0n) is 8.64. The van der Waals surface area contributed by atoms with Crippen molar-refractivity contribution in [1.29, 1.82) is 0 Å². The van der Waals surface area contributed by atoms with Crippen LogP contribution in [0.1, 0.15) is 0 Å². The van der Waals surface area contributed by atoms with Crippen LogP contribution in [0.2, 0.25) is 0 Å². The molecule has 84 valence electrons. The minimum Gasteiger partial charge on any atom is -0.481 e. The molecule has 1 aliphatic carbocycles. The van der Waals surface area contributed by atoms with Crippen molar-refractivity contribution in [2.24, 2.45) is 17.8 Å². The summed E-state index contributed by atoms with van der Waals surface area (Å²) in [5.74, 6) is -0.466. The van der Waals surface area contributed by atoms with Gasteiger partial charge in [-0.15, -0.1) is 0 Å². The number of hydrogen-bond donors (Lipinski definition) is 1. The van der Waals surface area contributed by atoms with Crippen molar-refractivity contribution in [2.45, 2.75) is 0 Å². The monoisotopic (exact) mass is 221 g/mol. The first-order valence-corrected chi connectivity index (χ1v) is 5.40. The maximum atomic E-state index is 12.7. The Morgan fingerprint density at radius 1 is 1.25 bits per heavy atom. The van der Waals surface area contributed by atoms with E-state index in [1.165, 1.54) is 12.1 Å². The van der Waals surface area contributed by atoms with Crippen molar-refractivity contribution >= 4 is 11.7 Å². The molecular weight excluding hydrogens is 209 g/mol. The van der Waals surface area contributed by atoms with Crippen molar-refractivity contribution < 1.29 is 14.3 Å². The van der Waals surface area contributed by atoms with Gasteiger partial charge < -0.3 is 10.0 Å². The van der Waals surface area contributed by atoms with E-state index in [1.54, 1.807) is 12.1 Å². The van der Waals surface area contributed by atoms with E-state index in [0.29, 0.717) is 11.8 Å². The molecule has 1 N–H and O–H groups in total.